The molecule has 16 heavy (non-hydrogen) atoms. The maximum Gasteiger partial charge on any atom is 0.251 e. The molecule has 0 bridgehead atoms. The summed E-state index contributed by atoms with van der Waals surface area (Å²) in [6.45, 7) is 2.93. The first-order valence-electron chi connectivity index (χ1n) is 5.28. The van der Waals surface area contributed by atoms with Crippen LogP contribution < -0.4 is 0 Å². The van der Waals surface area contributed by atoms with E-state index >= 15 is 0 Å². The Labute approximate surface area is 93.5 Å². The number of halogens is 2. The third-order valence-corrected chi connectivity index (χ3v) is 2.23. The minimum Gasteiger partial charge on any atom is -0.395 e. The summed E-state index contributed by atoms with van der Waals surface area (Å²) in [6, 6.07) is 0. The Morgan fingerprint density at radius 1 is 1.56 bits per heavy atom. The molecule has 0 aliphatic heterocycles. The van der Waals surface area contributed by atoms with Gasteiger partial charge in [-0.1, -0.05) is 0 Å². The average molecular weight is 233 g/mol. The van der Waals surface area contributed by atoms with Crippen LogP contribution in [0.1, 0.15) is 12.5 Å². The fourth-order valence-electron chi connectivity index (χ4n) is 1.49. The molecule has 0 aromatic carbocycles. The molecule has 1 aromatic heterocycles. The molecule has 0 saturated heterocycles. The van der Waals surface area contributed by atoms with Crippen molar-refractivity contribution >= 4 is 0 Å². The predicted molar refractivity (Wildman–Crippen MR) is 56.3 cm³/mol. The molecular formula is C10H17F2N3O. The highest BCUT2D eigenvalue weighted by Gasteiger charge is 2.12. The number of aliphatic hydroxyl groups is 1. The number of aliphatic hydroxyl groups excluding tert-OH is 1. The lowest BCUT2D eigenvalue weighted by Gasteiger charge is -2.19. The van der Waals surface area contributed by atoms with Crippen molar-refractivity contribution in [1.82, 2.24) is 14.7 Å². The summed E-state index contributed by atoms with van der Waals surface area (Å²) in [4.78, 5) is 1.52. The summed E-state index contributed by atoms with van der Waals surface area (Å²) >= 11 is 0. The summed E-state index contributed by atoms with van der Waals surface area (Å²) < 4.78 is 26.2. The highest BCUT2D eigenvalue weighted by Crippen LogP contribution is 2.06. The van der Waals surface area contributed by atoms with Crippen LogP contribution in [0.2, 0.25) is 0 Å². The van der Waals surface area contributed by atoms with E-state index in [1.54, 1.807) is 10.9 Å². The molecule has 6 heteroatoms. The van der Waals surface area contributed by atoms with E-state index in [0.29, 0.717) is 6.54 Å². The molecule has 1 aromatic rings. The van der Waals surface area contributed by atoms with Gasteiger partial charge in [-0.25, -0.2) is 8.78 Å². The highest BCUT2D eigenvalue weighted by atomic mass is 19.3. The zero-order valence-electron chi connectivity index (χ0n) is 9.31. The quantitative estimate of drug-likeness (QED) is 0.762. The molecule has 0 amide bonds. The minimum atomic E-state index is -2.38. The second-order valence-corrected chi connectivity index (χ2v) is 3.55. The van der Waals surface area contributed by atoms with Gasteiger partial charge in [-0.15, -0.1) is 0 Å². The van der Waals surface area contributed by atoms with Crippen LogP contribution in [-0.2, 0) is 13.1 Å². The molecule has 92 valence electrons. The minimum absolute atomic E-state index is 0.116. The summed E-state index contributed by atoms with van der Waals surface area (Å²) in [5.74, 6) is 0. The van der Waals surface area contributed by atoms with Gasteiger partial charge in [-0.3, -0.25) is 9.58 Å². The zero-order valence-corrected chi connectivity index (χ0v) is 9.31. The fourth-order valence-corrected chi connectivity index (χ4v) is 1.49. The van der Waals surface area contributed by atoms with Gasteiger partial charge in [0.1, 0.15) is 0 Å². The van der Waals surface area contributed by atoms with Gasteiger partial charge in [-0.2, -0.15) is 5.10 Å². The first-order chi connectivity index (χ1) is 7.65. The Morgan fingerprint density at radius 2 is 2.31 bits per heavy atom. The Bertz CT molecular complexity index is 304. The van der Waals surface area contributed by atoms with Crippen molar-refractivity contribution in [2.75, 3.05) is 19.7 Å². The van der Waals surface area contributed by atoms with Crippen molar-refractivity contribution in [2.24, 2.45) is 0 Å². The van der Waals surface area contributed by atoms with Crippen LogP contribution in [0.25, 0.3) is 0 Å². The molecule has 0 atom stereocenters. The molecule has 0 unspecified atom stereocenters. The monoisotopic (exact) mass is 233 g/mol. The molecule has 1 N–H and O–H groups in total. The van der Waals surface area contributed by atoms with Crippen LogP contribution in [-0.4, -0.2) is 45.9 Å². The molecule has 0 radical (unpaired) electrons. The van der Waals surface area contributed by atoms with Crippen molar-refractivity contribution in [2.45, 2.75) is 26.4 Å². The van der Waals surface area contributed by atoms with E-state index in [0.717, 1.165) is 12.1 Å². The van der Waals surface area contributed by atoms with Gasteiger partial charge in [-0.05, 0) is 6.92 Å². The fraction of sp³-hybridized carbons (Fsp3) is 0.700. The van der Waals surface area contributed by atoms with Crippen LogP contribution in [0.3, 0.4) is 0 Å². The normalized spacial score (nSPS) is 11.6. The van der Waals surface area contributed by atoms with E-state index in [1.807, 2.05) is 13.1 Å². The largest absolute Gasteiger partial charge is 0.395 e. The van der Waals surface area contributed by atoms with Gasteiger partial charge < -0.3 is 5.11 Å². The lowest BCUT2D eigenvalue weighted by molar-refractivity contribution is 0.0746. The molecule has 1 rings (SSSR count). The van der Waals surface area contributed by atoms with E-state index in [-0.39, 0.29) is 19.7 Å². The van der Waals surface area contributed by atoms with Crippen molar-refractivity contribution in [3.05, 3.63) is 18.0 Å². The van der Waals surface area contributed by atoms with Crippen molar-refractivity contribution in [1.29, 1.82) is 0 Å². The Hall–Kier alpha value is -1.01. The van der Waals surface area contributed by atoms with E-state index in [1.165, 1.54) is 4.90 Å². The van der Waals surface area contributed by atoms with Gasteiger partial charge in [0, 0.05) is 31.4 Å². The number of alkyl halides is 2. The lowest BCUT2D eigenvalue weighted by atomic mass is 10.3. The average Bonchev–Trinajstić information content (AvgIpc) is 2.65. The molecule has 1 heterocycles. The smallest absolute Gasteiger partial charge is 0.251 e. The highest BCUT2D eigenvalue weighted by molar-refractivity contribution is 5.03. The third-order valence-electron chi connectivity index (χ3n) is 2.23. The number of rotatable bonds is 7. The number of aromatic nitrogens is 2. The molecule has 0 fully saturated rings. The van der Waals surface area contributed by atoms with Gasteiger partial charge >= 0.3 is 0 Å². The van der Waals surface area contributed by atoms with Gasteiger partial charge in [0.25, 0.3) is 6.43 Å². The number of aryl methyl sites for hydroxylation is 1. The molecule has 0 aliphatic carbocycles. The van der Waals surface area contributed by atoms with E-state index in [4.69, 9.17) is 5.11 Å². The summed E-state index contributed by atoms with van der Waals surface area (Å²) in [5.41, 5.74) is 0.885. The SMILES string of the molecule is CCn1cc(CN(CCO)CC(F)F)cn1. The maximum absolute atomic E-state index is 12.2. The van der Waals surface area contributed by atoms with Crippen LogP contribution in [0, 0.1) is 0 Å². The van der Waals surface area contributed by atoms with Crippen LogP contribution in [0.15, 0.2) is 12.4 Å². The Balaban J connectivity index is 2.52. The van der Waals surface area contributed by atoms with Crippen molar-refractivity contribution < 1.29 is 13.9 Å². The number of hydrogen-bond donors (Lipinski definition) is 1. The molecule has 0 spiro atoms. The molecule has 0 saturated carbocycles. The molecular weight excluding hydrogens is 216 g/mol. The first-order valence-corrected chi connectivity index (χ1v) is 5.28. The van der Waals surface area contributed by atoms with E-state index in [9.17, 15) is 8.78 Å². The standard InChI is InChI=1S/C10H17F2N3O/c1-2-15-7-9(5-13-15)6-14(3-4-16)8-10(11)12/h5,7,10,16H,2-4,6,8H2,1H3. The van der Waals surface area contributed by atoms with Gasteiger partial charge in [0.05, 0.1) is 19.3 Å². The van der Waals surface area contributed by atoms with Gasteiger partial charge in [0.2, 0.25) is 0 Å². The first kappa shape index (κ1) is 13.1. The summed E-state index contributed by atoms with van der Waals surface area (Å²) in [7, 11) is 0. The Morgan fingerprint density at radius 3 is 2.81 bits per heavy atom. The van der Waals surface area contributed by atoms with E-state index in [2.05, 4.69) is 5.10 Å². The lowest BCUT2D eigenvalue weighted by Crippen LogP contribution is -2.31. The number of nitrogens with zero attached hydrogens (tertiary/aromatic N) is 3. The zero-order chi connectivity index (χ0) is 12.0. The summed E-state index contributed by atoms with van der Waals surface area (Å²) in [5, 5.41) is 12.8. The van der Waals surface area contributed by atoms with E-state index < -0.39 is 6.43 Å². The van der Waals surface area contributed by atoms with Gasteiger partial charge in [0.15, 0.2) is 0 Å². The topological polar surface area (TPSA) is 41.3 Å². The van der Waals surface area contributed by atoms with Crippen molar-refractivity contribution in [3.63, 3.8) is 0 Å². The number of hydrogen-bond acceptors (Lipinski definition) is 3. The second kappa shape index (κ2) is 6.55. The predicted octanol–water partition coefficient (Wildman–Crippen LogP) is 0.962. The Kier molecular flexibility index (Phi) is 5.34. The summed E-state index contributed by atoms with van der Waals surface area (Å²) in [6.07, 6.45) is 1.11. The maximum atomic E-state index is 12.2. The van der Waals surface area contributed by atoms with Crippen LogP contribution in [0.4, 0.5) is 8.78 Å². The van der Waals surface area contributed by atoms with Crippen molar-refractivity contribution in [3.8, 4) is 0 Å². The third kappa shape index (κ3) is 4.24. The molecule has 0 aliphatic rings. The van der Waals surface area contributed by atoms with Crippen LogP contribution >= 0.6 is 0 Å². The second-order valence-electron chi connectivity index (χ2n) is 3.55. The molecule has 4 nitrogen and oxygen atoms in total. The van der Waals surface area contributed by atoms with Crippen LogP contribution in [0.5, 0.6) is 0 Å².